The van der Waals surface area contributed by atoms with Crippen LogP contribution in [-0.4, -0.2) is 22.6 Å². The van der Waals surface area contributed by atoms with Gasteiger partial charge in [0.2, 0.25) is 0 Å². The maximum Gasteiger partial charge on any atom is 0.419 e. The Morgan fingerprint density at radius 1 is 1.24 bits per heavy atom. The molecule has 118 valence electrons. The van der Waals surface area contributed by atoms with Crippen molar-refractivity contribution in [2.45, 2.75) is 57.8 Å². The first-order valence-electron chi connectivity index (χ1n) is 7.55. The molecule has 1 aromatic rings. The number of alkyl halides is 3. The van der Waals surface area contributed by atoms with Crippen molar-refractivity contribution in [2.24, 2.45) is 0 Å². The molecule has 1 aromatic carbocycles. The number of phenols is 1. The number of hydrogen-bond acceptors (Lipinski definition) is 2. The van der Waals surface area contributed by atoms with Crippen LogP contribution in [0.4, 0.5) is 13.2 Å². The second kappa shape index (κ2) is 6.69. The van der Waals surface area contributed by atoms with Gasteiger partial charge in [0.15, 0.2) is 0 Å². The van der Waals surface area contributed by atoms with Crippen LogP contribution in [0.3, 0.4) is 0 Å². The summed E-state index contributed by atoms with van der Waals surface area (Å²) in [5.74, 6) is -0.700. The van der Waals surface area contributed by atoms with Crippen LogP contribution in [0.2, 0.25) is 0 Å². The highest BCUT2D eigenvalue weighted by Crippen LogP contribution is 2.36. The monoisotopic (exact) mass is 301 g/mol. The minimum Gasteiger partial charge on any atom is -0.507 e. The van der Waals surface area contributed by atoms with E-state index in [1.165, 1.54) is 12.8 Å². The second-order valence-corrected chi connectivity index (χ2v) is 5.73. The third kappa shape index (κ3) is 4.13. The van der Waals surface area contributed by atoms with E-state index in [1.54, 1.807) is 6.07 Å². The van der Waals surface area contributed by atoms with Crippen molar-refractivity contribution in [3.63, 3.8) is 0 Å². The second-order valence-electron chi connectivity index (χ2n) is 5.73. The van der Waals surface area contributed by atoms with Crippen molar-refractivity contribution in [3.8, 4) is 5.75 Å². The lowest BCUT2D eigenvalue weighted by Gasteiger charge is -2.29. The zero-order valence-electron chi connectivity index (χ0n) is 12.3. The number of likely N-dealkylation sites (tertiary alicyclic amines) is 1. The molecule has 2 rings (SSSR count). The van der Waals surface area contributed by atoms with Gasteiger partial charge in [-0.1, -0.05) is 25.8 Å². The lowest BCUT2D eigenvalue weighted by molar-refractivity contribution is -0.138. The van der Waals surface area contributed by atoms with E-state index >= 15 is 0 Å². The van der Waals surface area contributed by atoms with Crippen molar-refractivity contribution in [1.29, 1.82) is 0 Å². The average molecular weight is 301 g/mol. The van der Waals surface area contributed by atoms with E-state index < -0.39 is 17.5 Å². The molecule has 1 heterocycles. The van der Waals surface area contributed by atoms with Crippen LogP contribution in [0.1, 0.15) is 50.2 Å². The van der Waals surface area contributed by atoms with Gasteiger partial charge >= 0.3 is 6.18 Å². The number of rotatable bonds is 3. The standard InChI is InChI=1S/C16H22F3NO/c1-2-13-6-4-3-5-9-20(13)11-12-7-8-15(21)14(10-12)16(17,18)19/h7-8,10,13,21H,2-6,9,11H2,1H3. The van der Waals surface area contributed by atoms with Crippen molar-refractivity contribution >= 4 is 0 Å². The largest absolute Gasteiger partial charge is 0.507 e. The Kier molecular flexibility index (Phi) is 5.14. The van der Waals surface area contributed by atoms with E-state index in [0.29, 0.717) is 18.2 Å². The van der Waals surface area contributed by atoms with Crippen LogP contribution >= 0.6 is 0 Å². The molecule has 1 saturated heterocycles. The van der Waals surface area contributed by atoms with Gasteiger partial charge in [-0.3, -0.25) is 4.90 Å². The Labute approximate surface area is 123 Å². The summed E-state index contributed by atoms with van der Waals surface area (Å²) in [6, 6.07) is 4.25. The van der Waals surface area contributed by atoms with Crippen LogP contribution in [0.25, 0.3) is 0 Å². The summed E-state index contributed by atoms with van der Waals surface area (Å²) in [6.07, 6.45) is 1.10. The van der Waals surface area contributed by atoms with Gasteiger partial charge in [-0.25, -0.2) is 0 Å². The highest BCUT2D eigenvalue weighted by atomic mass is 19.4. The molecular formula is C16H22F3NO. The van der Waals surface area contributed by atoms with Gasteiger partial charge in [0.1, 0.15) is 5.75 Å². The third-order valence-electron chi connectivity index (χ3n) is 4.22. The van der Waals surface area contributed by atoms with Crippen LogP contribution in [0.5, 0.6) is 5.75 Å². The van der Waals surface area contributed by atoms with Crippen molar-refractivity contribution in [1.82, 2.24) is 4.90 Å². The summed E-state index contributed by atoms with van der Waals surface area (Å²) < 4.78 is 38.5. The minimum absolute atomic E-state index is 0.440. The molecule has 1 unspecified atom stereocenters. The molecule has 1 fully saturated rings. The Morgan fingerprint density at radius 3 is 2.67 bits per heavy atom. The molecule has 0 amide bonds. The summed E-state index contributed by atoms with van der Waals surface area (Å²) in [5.41, 5.74) is -0.330. The molecule has 0 saturated carbocycles. The van der Waals surface area contributed by atoms with E-state index in [-0.39, 0.29) is 0 Å². The first kappa shape index (κ1) is 16.1. The van der Waals surface area contributed by atoms with E-state index in [9.17, 15) is 18.3 Å². The summed E-state index contributed by atoms with van der Waals surface area (Å²) in [6.45, 7) is 3.57. The molecule has 0 radical (unpaired) electrons. The van der Waals surface area contributed by atoms with Crippen LogP contribution < -0.4 is 0 Å². The number of phenolic OH excluding ortho intramolecular Hbond substituents is 1. The van der Waals surface area contributed by atoms with Gasteiger partial charge in [-0.2, -0.15) is 13.2 Å². The molecule has 2 nitrogen and oxygen atoms in total. The Morgan fingerprint density at radius 2 is 2.00 bits per heavy atom. The fourth-order valence-corrected chi connectivity index (χ4v) is 3.05. The van der Waals surface area contributed by atoms with Crippen LogP contribution in [-0.2, 0) is 12.7 Å². The van der Waals surface area contributed by atoms with Crippen molar-refractivity contribution < 1.29 is 18.3 Å². The fourth-order valence-electron chi connectivity index (χ4n) is 3.05. The summed E-state index contributed by atoms with van der Waals surface area (Å²) >= 11 is 0. The molecule has 5 heteroatoms. The number of nitrogens with zero attached hydrogens (tertiary/aromatic N) is 1. The zero-order chi connectivity index (χ0) is 15.5. The van der Waals surface area contributed by atoms with E-state index in [1.807, 2.05) is 0 Å². The predicted molar refractivity (Wildman–Crippen MR) is 76.1 cm³/mol. The van der Waals surface area contributed by atoms with Gasteiger partial charge in [-0.05, 0) is 43.5 Å². The third-order valence-corrected chi connectivity index (χ3v) is 4.22. The number of aromatic hydroxyl groups is 1. The molecule has 0 bridgehead atoms. The predicted octanol–water partition coefficient (Wildman–Crippen LogP) is 4.57. The molecule has 21 heavy (non-hydrogen) atoms. The molecule has 1 aliphatic rings. The number of hydrogen-bond donors (Lipinski definition) is 1. The molecule has 1 aliphatic heterocycles. The van der Waals surface area contributed by atoms with Crippen LogP contribution in [0.15, 0.2) is 18.2 Å². The van der Waals surface area contributed by atoms with E-state index in [4.69, 9.17) is 0 Å². The molecule has 0 spiro atoms. The fraction of sp³-hybridized carbons (Fsp3) is 0.625. The summed E-state index contributed by atoms with van der Waals surface area (Å²) in [5, 5.41) is 9.39. The molecule has 0 aliphatic carbocycles. The normalized spacial score (nSPS) is 21.2. The topological polar surface area (TPSA) is 23.5 Å². The smallest absolute Gasteiger partial charge is 0.419 e. The lowest BCUT2D eigenvalue weighted by atomic mass is 10.1. The summed E-state index contributed by atoms with van der Waals surface area (Å²) in [4.78, 5) is 2.28. The quantitative estimate of drug-likeness (QED) is 0.884. The molecular weight excluding hydrogens is 279 g/mol. The van der Waals surface area contributed by atoms with Crippen LogP contribution in [0, 0.1) is 0 Å². The maximum atomic E-state index is 12.8. The number of benzene rings is 1. The Hall–Kier alpha value is -1.23. The Bertz CT molecular complexity index is 473. The summed E-state index contributed by atoms with van der Waals surface area (Å²) in [7, 11) is 0. The molecule has 1 atom stereocenters. The highest BCUT2D eigenvalue weighted by molar-refractivity contribution is 5.38. The van der Waals surface area contributed by atoms with Crippen molar-refractivity contribution in [3.05, 3.63) is 29.3 Å². The lowest BCUT2D eigenvalue weighted by Crippen LogP contribution is -2.33. The van der Waals surface area contributed by atoms with Crippen molar-refractivity contribution in [2.75, 3.05) is 6.54 Å². The van der Waals surface area contributed by atoms with Gasteiger partial charge in [0.05, 0.1) is 5.56 Å². The molecule has 1 N–H and O–H groups in total. The number of halogens is 3. The van der Waals surface area contributed by atoms with Gasteiger partial charge in [-0.15, -0.1) is 0 Å². The minimum atomic E-state index is -4.51. The highest BCUT2D eigenvalue weighted by Gasteiger charge is 2.34. The first-order chi connectivity index (χ1) is 9.91. The Balaban J connectivity index is 2.18. The van der Waals surface area contributed by atoms with Gasteiger partial charge in [0.25, 0.3) is 0 Å². The molecule has 0 aromatic heterocycles. The van der Waals surface area contributed by atoms with Gasteiger partial charge < -0.3 is 5.11 Å². The maximum absolute atomic E-state index is 12.8. The van der Waals surface area contributed by atoms with E-state index in [2.05, 4.69) is 11.8 Å². The zero-order valence-corrected chi connectivity index (χ0v) is 12.3. The van der Waals surface area contributed by atoms with E-state index in [0.717, 1.165) is 37.9 Å². The average Bonchev–Trinajstić information content (AvgIpc) is 2.64. The van der Waals surface area contributed by atoms with Gasteiger partial charge in [0, 0.05) is 12.6 Å². The SMILES string of the molecule is CCC1CCCCCN1Cc1ccc(O)c(C(F)(F)F)c1. The first-order valence-corrected chi connectivity index (χ1v) is 7.55.